The summed E-state index contributed by atoms with van der Waals surface area (Å²) in [6, 6.07) is 4.45. The molecule has 0 saturated carbocycles. The molecular weight excluding hydrogens is 302 g/mol. The third-order valence-corrected chi connectivity index (χ3v) is 4.79. The van der Waals surface area contributed by atoms with E-state index in [1.165, 1.54) is 0 Å². The fourth-order valence-electron chi connectivity index (χ4n) is 3.36. The van der Waals surface area contributed by atoms with Crippen LogP contribution in [0.2, 0.25) is 0 Å². The molecule has 0 amide bonds. The largest absolute Gasteiger partial charge is 0.340 e. The molecule has 3 aromatic rings. The van der Waals surface area contributed by atoms with E-state index in [0.717, 1.165) is 55.5 Å². The molecule has 4 rings (SSSR count). The molecule has 126 valence electrons. The minimum atomic E-state index is 0.498. The average molecular weight is 325 g/mol. The number of hydrogen-bond donors (Lipinski definition) is 1. The van der Waals surface area contributed by atoms with Crippen LogP contribution in [0.1, 0.15) is 18.6 Å². The summed E-state index contributed by atoms with van der Waals surface area (Å²) in [5.74, 6) is 2.12. The standard InChI is InChI=1S/C17H23N7/c1-13-10-23(8-9-24(13)12-16-18-6-7-22(16)2)11-15-20-14-4-3-5-19-17(14)21-15/h3-7,13H,8-12H2,1-2H3,(H,19,20,21). The van der Waals surface area contributed by atoms with Crippen molar-refractivity contribution in [2.45, 2.75) is 26.1 Å². The summed E-state index contributed by atoms with van der Waals surface area (Å²) in [4.78, 5) is 21.6. The molecule has 1 saturated heterocycles. The number of pyridine rings is 1. The maximum Gasteiger partial charge on any atom is 0.177 e. The van der Waals surface area contributed by atoms with E-state index >= 15 is 0 Å². The first-order valence-corrected chi connectivity index (χ1v) is 8.41. The molecule has 7 nitrogen and oxygen atoms in total. The van der Waals surface area contributed by atoms with Crippen molar-refractivity contribution >= 4 is 11.2 Å². The molecule has 7 heteroatoms. The number of aromatic nitrogens is 5. The summed E-state index contributed by atoms with van der Waals surface area (Å²) >= 11 is 0. The molecule has 1 aliphatic rings. The van der Waals surface area contributed by atoms with Gasteiger partial charge in [0.2, 0.25) is 0 Å². The predicted octanol–water partition coefficient (Wildman–Crippen LogP) is 1.40. The number of nitrogens with zero attached hydrogens (tertiary/aromatic N) is 6. The van der Waals surface area contributed by atoms with Crippen molar-refractivity contribution < 1.29 is 0 Å². The van der Waals surface area contributed by atoms with Gasteiger partial charge in [0, 0.05) is 51.3 Å². The number of imidazole rings is 2. The van der Waals surface area contributed by atoms with Gasteiger partial charge in [0.15, 0.2) is 5.65 Å². The minimum Gasteiger partial charge on any atom is -0.340 e. The van der Waals surface area contributed by atoms with Crippen molar-refractivity contribution in [3.05, 3.63) is 42.4 Å². The Morgan fingerprint density at radius 2 is 2.12 bits per heavy atom. The molecule has 0 spiro atoms. The van der Waals surface area contributed by atoms with Crippen molar-refractivity contribution in [3.63, 3.8) is 0 Å². The van der Waals surface area contributed by atoms with E-state index in [4.69, 9.17) is 0 Å². The Balaban J connectivity index is 1.38. The number of aromatic amines is 1. The van der Waals surface area contributed by atoms with E-state index < -0.39 is 0 Å². The van der Waals surface area contributed by atoms with Crippen LogP contribution in [0.5, 0.6) is 0 Å². The highest BCUT2D eigenvalue weighted by atomic mass is 15.3. The predicted molar refractivity (Wildman–Crippen MR) is 92.2 cm³/mol. The summed E-state index contributed by atoms with van der Waals surface area (Å²) in [5.41, 5.74) is 1.81. The summed E-state index contributed by atoms with van der Waals surface area (Å²) in [6.45, 7) is 7.17. The number of H-pyrrole nitrogens is 1. The second-order valence-electron chi connectivity index (χ2n) is 6.57. The second-order valence-corrected chi connectivity index (χ2v) is 6.57. The van der Waals surface area contributed by atoms with Crippen LogP contribution < -0.4 is 0 Å². The van der Waals surface area contributed by atoms with Gasteiger partial charge in [-0.05, 0) is 19.1 Å². The van der Waals surface area contributed by atoms with E-state index in [2.05, 4.69) is 48.3 Å². The average Bonchev–Trinajstić information content (AvgIpc) is 3.15. The molecule has 1 unspecified atom stereocenters. The SMILES string of the molecule is CC1CN(Cc2nc3ncccc3[nH]2)CCN1Cc1nccn1C. The van der Waals surface area contributed by atoms with Gasteiger partial charge in [0.1, 0.15) is 11.6 Å². The van der Waals surface area contributed by atoms with Crippen LogP contribution in [0, 0.1) is 0 Å². The van der Waals surface area contributed by atoms with E-state index in [9.17, 15) is 0 Å². The van der Waals surface area contributed by atoms with E-state index in [1.54, 1.807) is 6.20 Å². The third-order valence-electron chi connectivity index (χ3n) is 4.79. The molecule has 3 aromatic heterocycles. The molecule has 1 aliphatic heterocycles. The molecule has 0 aliphatic carbocycles. The Kier molecular flexibility index (Phi) is 4.03. The number of aryl methyl sites for hydroxylation is 1. The van der Waals surface area contributed by atoms with Crippen molar-refractivity contribution in [3.8, 4) is 0 Å². The smallest absolute Gasteiger partial charge is 0.177 e. The highest BCUT2D eigenvalue weighted by Gasteiger charge is 2.25. The topological polar surface area (TPSA) is 65.9 Å². The van der Waals surface area contributed by atoms with Gasteiger partial charge >= 0.3 is 0 Å². The lowest BCUT2D eigenvalue weighted by Gasteiger charge is -2.39. The van der Waals surface area contributed by atoms with Gasteiger partial charge in [-0.1, -0.05) is 0 Å². The van der Waals surface area contributed by atoms with Crippen LogP contribution in [0.25, 0.3) is 11.2 Å². The number of fused-ring (bicyclic) bond motifs is 1. The highest BCUT2D eigenvalue weighted by Crippen LogP contribution is 2.15. The van der Waals surface area contributed by atoms with Crippen molar-refractivity contribution in [2.24, 2.45) is 7.05 Å². The quantitative estimate of drug-likeness (QED) is 0.785. The molecule has 0 aromatic carbocycles. The number of piperazine rings is 1. The Labute approximate surface area is 141 Å². The fraction of sp³-hybridized carbons (Fsp3) is 0.471. The van der Waals surface area contributed by atoms with E-state index in [1.807, 2.05) is 24.5 Å². The number of nitrogens with one attached hydrogen (secondary N) is 1. The zero-order valence-electron chi connectivity index (χ0n) is 14.2. The number of rotatable bonds is 4. The Bertz CT molecular complexity index is 788. The lowest BCUT2D eigenvalue weighted by Crippen LogP contribution is -2.51. The van der Waals surface area contributed by atoms with Crippen LogP contribution >= 0.6 is 0 Å². The molecular formula is C17H23N7. The molecule has 1 fully saturated rings. The van der Waals surface area contributed by atoms with Crippen LogP contribution in [0.3, 0.4) is 0 Å². The first-order valence-electron chi connectivity index (χ1n) is 8.41. The summed E-state index contributed by atoms with van der Waals surface area (Å²) < 4.78 is 2.10. The van der Waals surface area contributed by atoms with Crippen LogP contribution in [-0.2, 0) is 20.1 Å². The maximum atomic E-state index is 4.59. The van der Waals surface area contributed by atoms with Crippen LogP contribution in [0.15, 0.2) is 30.7 Å². The van der Waals surface area contributed by atoms with E-state index in [0.29, 0.717) is 6.04 Å². The van der Waals surface area contributed by atoms with Crippen LogP contribution in [0.4, 0.5) is 0 Å². The Hall–Kier alpha value is -2.25. The Morgan fingerprint density at radius 1 is 1.21 bits per heavy atom. The first-order chi connectivity index (χ1) is 11.7. The Morgan fingerprint density at radius 3 is 2.88 bits per heavy atom. The zero-order valence-corrected chi connectivity index (χ0v) is 14.2. The molecule has 1 N–H and O–H groups in total. The van der Waals surface area contributed by atoms with Crippen molar-refractivity contribution in [2.75, 3.05) is 19.6 Å². The third kappa shape index (κ3) is 3.05. The van der Waals surface area contributed by atoms with Gasteiger partial charge in [-0.3, -0.25) is 9.80 Å². The normalized spacial score (nSPS) is 20.0. The van der Waals surface area contributed by atoms with Gasteiger partial charge in [0.05, 0.1) is 18.6 Å². The van der Waals surface area contributed by atoms with Crippen LogP contribution in [-0.4, -0.2) is 60.0 Å². The summed E-state index contributed by atoms with van der Waals surface area (Å²) in [5, 5.41) is 0. The lowest BCUT2D eigenvalue weighted by molar-refractivity contribution is 0.0694. The maximum absolute atomic E-state index is 4.59. The molecule has 4 heterocycles. The minimum absolute atomic E-state index is 0.498. The lowest BCUT2D eigenvalue weighted by atomic mass is 10.2. The summed E-state index contributed by atoms with van der Waals surface area (Å²) in [6.07, 6.45) is 5.66. The van der Waals surface area contributed by atoms with Gasteiger partial charge in [-0.15, -0.1) is 0 Å². The first kappa shape index (κ1) is 15.3. The second kappa shape index (κ2) is 6.33. The monoisotopic (exact) mass is 325 g/mol. The van der Waals surface area contributed by atoms with Crippen molar-refractivity contribution in [1.29, 1.82) is 0 Å². The molecule has 1 atom stereocenters. The van der Waals surface area contributed by atoms with Gasteiger partial charge < -0.3 is 9.55 Å². The van der Waals surface area contributed by atoms with E-state index in [-0.39, 0.29) is 0 Å². The highest BCUT2D eigenvalue weighted by molar-refractivity contribution is 5.69. The van der Waals surface area contributed by atoms with Gasteiger partial charge in [-0.2, -0.15) is 0 Å². The molecule has 24 heavy (non-hydrogen) atoms. The summed E-state index contributed by atoms with van der Waals surface area (Å²) in [7, 11) is 2.05. The molecule has 0 bridgehead atoms. The zero-order chi connectivity index (χ0) is 16.5. The van der Waals surface area contributed by atoms with Gasteiger partial charge in [0.25, 0.3) is 0 Å². The van der Waals surface area contributed by atoms with Gasteiger partial charge in [-0.25, -0.2) is 15.0 Å². The number of hydrogen-bond acceptors (Lipinski definition) is 5. The molecule has 0 radical (unpaired) electrons. The van der Waals surface area contributed by atoms with Crippen molar-refractivity contribution in [1.82, 2.24) is 34.3 Å². The fourth-order valence-corrected chi connectivity index (χ4v) is 3.36.